The molecular weight excluding hydrogens is 381 g/mol. The molecule has 0 amide bonds. The number of halogens is 2. The van der Waals surface area contributed by atoms with Crippen molar-refractivity contribution in [3.05, 3.63) is 88.7 Å². The highest BCUT2D eigenvalue weighted by atomic mass is 35.5. The van der Waals surface area contributed by atoms with E-state index in [0.717, 1.165) is 16.7 Å². The number of carbonyl (C=O) groups is 1. The van der Waals surface area contributed by atoms with Gasteiger partial charge in [0.2, 0.25) is 5.24 Å². The van der Waals surface area contributed by atoms with Crippen LogP contribution in [0.2, 0.25) is 0 Å². The maximum atomic E-state index is 13.2. The third-order valence-corrected chi connectivity index (χ3v) is 4.33. The van der Waals surface area contributed by atoms with Crippen LogP contribution in [0.3, 0.4) is 0 Å². The van der Waals surface area contributed by atoms with Crippen molar-refractivity contribution < 1.29 is 9.18 Å². The molecule has 0 aliphatic carbocycles. The Hall–Kier alpha value is -3.09. The molecule has 142 valence electrons. The third kappa shape index (κ3) is 4.60. The Balaban J connectivity index is 1.99. The summed E-state index contributed by atoms with van der Waals surface area (Å²) in [6.45, 7) is 0.494. The van der Waals surface area contributed by atoms with Crippen molar-refractivity contribution in [2.24, 2.45) is 5.73 Å². The van der Waals surface area contributed by atoms with E-state index in [2.05, 4.69) is 4.98 Å². The number of carbonyl (C=O) groups excluding carboxylic acids is 1. The second-order valence-electron chi connectivity index (χ2n) is 6.05. The molecule has 2 aromatic heterocycles. The first-order valence-corrected chi connectivity index (χ1v) is 8.87. The highest BCUT2D eigenvalue weighted by molar-refractivity contribution is 6.66. The molecule has 3 rings (SSSR count). The fourth-order valence-electron chi connectivity index (χ4n) is 2.78. The lowest BCUT2D eigenvalue weighted by molar-refractivity contribution is -0.107. The van der Waals surface area contributed by atoms with E-state index in [-0.39, 0.29) is 24.5 Å². The molecular formula is C21H17ClFN3O2. The van der Waals surface area contributed by atoms with Crippen molar-refractivity contribution >= 4 is 16.8 Å². The molecule has 0 radical (unpaired) electrons. The summed E-state index contributed by atoms with van der Waals surface area (Å²) in [7, 11) is 0. The quantitative estimate of drug-likeness (QED) is 0.510. The fourth-order valence-corrected chi connectivity index (χ4v) is 2.87. The summed E-state index contributed by atoms with van der Waals surface area (Å²) < 4.78 is 14.6. The molecule has 0 aliphatic heterocycles. The molecule has 0 unspecified atom stereocenters. The van der Waals surface area contributed by atoms with E-state index >= 15 is 0 Å². The topological polar surface area (TPSA) is 78.0 Å². The largest absolute Gasteiger partial charge is 0.326 e. The molecule has 0 saturated heterocycles. The summed E-state index contributed by atoms with van der Waals surface area (Å²) in [5.41, 5.74) is 9.29. The Kier molecular flexibility index (Phi) is 6.13. The van der Waals surface area contributed by atoms with E-state index in [1.165, 1.54) is 34.9 Å². The third-order valence-electron chi connectivity index (χ3n) is 4.20. The van der Waals surface area contributed by atoms with E-state index in [1.807, 2.05) is 6.07 Å². The number of nitrogens with zero attached hydrogens (tertiary/aromatic N) is 2. The van der Waals surface area contributed by atoms with Gasteiger partial charge in [-0.1, -0.05) is 6.08 Å². The number of benzene rings is 1. The van der Waals surface area contributed by atoms with E-state index < -0.39 is 5.24 Å². The van der Waals surface area contributed by atoms with Crippen LogP contribution in [0, 0.1) is 5.82 Å². The molecule has 2 heterocycles. The predicted molar refractivity (Wildman–Crippen MR) is 107 cm³/mol. The summed E-state index contributed by atoms with van der Waals surface area (Å²) >= 11 is 5.24. The maximum absolute atomic E-state index is 13.2. The van der Waals surface area contributed by atoms with Crippen LogP contribution in [0.1, 0.15) is 5.56 Å². The van der Waals surface area contributed by atoms with Crippen molar-refractivity contribution in [1.29, 1.82) is 0 Å². The Labute approximate surface area is 165 Å². The van der Waals surface area contributed by atoms with Gasteiger partial charge in [0.05, 0.1) is 5.69 Å². The van der Waals surface area contributed by atoms with Crippen LogP contribution in [0.25, 0.3) is 22.4 Å². The van der Waals surface area contributed by atoms with Gasteiger partial charge >= 0.3 is 0 Å². The Morgan fingerprint density at radius 2 is 1.93 bits per heavy atom. The number of pyridine rings is 2. The summed E-state index contributed by atoms with van der Waals surface area (Å²) in [6, 6.07) is 11.2. The number of rotatable bonds is 6. The van der Waals surface area contributed by atoms with Crippen LogP contribution in [0.5, 0.6) is 0 Å². The minimum atomic E-state index is -0.595. The molecule has 3 aromatic rings. The van der Waals surface area contributed by atoms with Crippen molar-refractivity contribution in [2.45, 2.75) is 13.1 Å². The molecule has 0 aliphatic rings. The van der Waals surface area contributed by atoms with Crippen molar-refractivity contribution in [3.8, 4) is 22.4 Å². The molecule has 0 bridgehead atoms. The minimum absolute atomic E-state index is 0.229. The van der Waals surface area contributed by atoms with Gasteiger partial charge in [0.25, 0.3) is 5.56 Å². The number of aromatic nitrogens is 2. The van der Waals surface area contributed by atoms with Crippen LogP contribution in [-0.4, -0.2) is 14.8 Å². The van der Waals surface area contributed by atoms with Gasteiger partial charge in [-0.3, -0.25) is 14.6 Å². The second kappa shape index (κ2) is 8.73. The van der Waals surface area contributed by atoms with Crippen molar-refractivity contribution in [2.75, 3.05) is 0 Å². The lowest BCUT2D eigenvalue weighted by Crippen LogP contribution is -2.18. The number of hydrogen-bond acceptors (Lipinski definition) is 4. The number of allylic oxidation sites excluding steroid dienone is 2. The lowest BCUT2D eigenvalue weighted by atomic mass is 9.99. The highest BCUT2D eigenvalue weighted by Crippen LogP contribution is 2.27. The number of hydrogen-bond donors (Lipinski definition) is 1. The van der Waals surface area contributed by atoms with E-state index in [0.29, 0.717) is 11.3 Å². The van der Waals surface area contributed by atoms with Crippen molar-refractivity contribution in [3.63, 3.8) is 0 Å². The normalized spacial score (nSPS) is 11.1. The van der Waals surface area contributed by atoms with Gasteiger partial charge in [-0.15, -0.1) is 0 Å². The SMILES string of the molecule is NCc1cnc(-c2ccc(F)cc2)cc1-c1ccn(C/C=C\C(=O)Cl)c(=O)c1. The highest BCUT2D eigenvalue weighted by Gasteiger charge is 2.10. The van der Waals surface area contributed by atoms with Gasteiger partial charge in [-0.05, 0) is 70.8 Å². The van der Waals surface area contributed by atoms with E-state index in [1.54, 1.807) is 30.6 Å². The summed E-state index contributed by atoms with van der Waals surface area (Å²) in [6.07, 6.45) is 6.01. The summed E-state index contributed by atoms with van der Waals surface area (Å²) in [5.74, 6) is -0.323. The average molecular weight is 398 g/mol. The summed E-state index contributed by atoms with van der Waals surface area (Å²) in [4.78, 5) is 27.5. The number of nitrogens with two attached hydrogens (primary N) is 1. The first kappa shape index (κ1) is 19.7. The van der Waals surface area contributed by atoms with E-state index in [4.69, 9.17) is 17.3 Å². The van der Waals surface area contributed by atoms with Crippen LogP contribution in [0.4, 0.5) is 4.39 Å². The van der Waals surface area contributed by atoms with Gasteiger partial charge in [-0.25, -0.2) is 4.39 Å². The predicted octanol–water partition coefficient (Wildman–Crippen LogP) is 3.50. The van der Waals surface area contributed by atoms with Gasteiger partial charge in [0, 0.05) is 37.1 Å². The maximum Gasteiger partial charge on any atom is 0.251 e. The van der Waals surface area contributed by atoms with Gasteiger partial charge in [0.1, 0.15) is 5.82 Å². The molecule has 1 aromatic carbocycles. The minimum Gasteiger partial charge on any atom is -0.326 e. The standard InChI is InChI=1S/C21H17ClFN3O2/c22-20(27)2-1-8-26-9-7-15(10-21(26)28)18-11-19(25-13-16(18)12-24)14-3-5-17(23)6-4-14/h1-7,9-11,13H,8,12,24H2/b2-1-. The van der Waals surface area contributed by atoms with Crippen LogP contribution in [0.15, 0.2) is 71.8 Å². The molecule has 2 N–H and O–H groups in total. The zero-order valence-corrected chi connectivity index (χ0v) is 15.6. The molecule has 28 heavy (non-hydrogen) atoms. The lowest BCUT2D eigenvalue weighted by Gasteiger charge is -2.11. The summed E-state index contributed by atoms with van der Waals surface area (Å²) in [5, 5.41) is -0.595. The van der Waals surface area contributed by atoms with Crippen molar-refractivity contribution in [1.82, 2.24) is 9.55 Å². The van der Waals surface area contributed by atoms with Crippen LogP contribution >= 0.6 is 11.6 Å². The zero-order chi connectivity index (χ0) is 20.1. The molecule has 0 saturated carbocycles. The average Bonchev–Trinajstić information content (AvgIpc) is 2.69. The fraction of sp³-hybridized carbons (Fsp3) is 0.0952. The van der Waals surface area contributed by atoms with E-state index in [9.17, 15) is 14.0 Å². The molecule has 0 spiro atoms. The zero-order valence-electron chi connectivity index (χ0n) is 14.8. The Morgan fingerprint density at radius 3 is 2.57 bits per heavy atom. The van der Waals surface area contributed by atoms with Gasteiger partial charge in [0.15, 0.2) is 0 Å². The first-order chi connectivity index (χ1) is 13.5. The van der Waals surface area contributed by atoms with Gasteiger partial charge in [-0.2, -0.15) is 0 Å². The monoisotopic (exact) mass is 397 g/mol. The molecule has 0 fully saturated rings. The molecule has 7 heteroatoms. The second-order valence-corrected chi connectivity index (χ2v) is 6.42. The molecule has 5 nitrogen and oxygen atoms in total. The Bertz CT molecular complexity index is 1090. The van der Waals surface area contributed by atoms with Gasteiger partial charge < -0.3 is 10.3 Å². The smallest absolute Gasteiger partial charge is 0.251 e. The first-order valence-electron chi connectivity index (χ1n) is 8.49. The van der Waals surface area contributed by atoms with Crippen LogP contribution in [-0.2, 0) is 17.9 Å². The van der Waals surface area contributed by atoms with Crippen LogP contribution < -0.4 is 11.3 Å². The Morgan fingerprint density at radius 1 is 1.18 bits per heavy atom. The molecule has 0 atom stereocenters.